The van der Waals surface area contributed by atoms with Crippen LogP contribution in [-0.4, -0.2) is 36.6 Å². The topological polar surface area (TPSA) is 75.8 Å². The SMILES string of the molecule is Cc1[nH]cnc1CO[Si](c1ccccc1)(c1ccccc1)C(C)(C)C.Cc1[nH]cnc1CO[Si](c1ccccc1)(c1ccccc1)C(C)(C)C. The molecule has 0 radical (unpaired) electrons. The summed E-state index contributed by atoms with van der Waals surface area (Å²) in [5.74, 6) is 0. The average Bonchev–Trinajstić information content (AvgIpc) is 3.73. The fraction of sp³-hybridized carbons (Fsp3) is 0.286. The molecule has 6 nitrogen and oxygen atoms in total. The highest BCUT2D eigenvalue weighted by Crippen LogP contribution is 2.38. The van der Waals surface area contributed by atoms with Crippen LogP contribution in [0, 0.1) is 13.8 Å². The van der Waals surface area contributed by atoms with Gasteiger partial charge in [-0.3, -0.25) is 0 Å². The van der Waals surface area contributed by atoms with E-state index in [1.807, 2.05) is 13.8 Å². The molecule has 4 aromatic carbocycles. The van der Waals surface area contributed by atoms with Crippen molar-refractivity contribution in [1.29, 1.82) is 0 Å². The largest absolute Gasteiger partial charge is 0.401 e. The molecule has 2 aromatic heterocycles. The van der Waals surface area contributed by atoms with Crippen molar-refractivity contribution in [1.82, 2.24) is 19.9 Å². The van der Waals surface area contributed by atoms with Crippen molar-refractivity contribution >= 4 is 37.4 Å². The third kappa shape index (κ3) is 7.69. The Bertz CT molecular complexity index is 1680. The molecule has 0 fully saturated rings. The maximum atomic E-state index is 6.85. The van der Waals surface area contributed by atoms with Crippen LogP contribution in [0.5, 0.6) is 0 Å². The summed E-state index contributed by atoms with van der Waals surface area (Å²) in [6.45, 7) is 18.8. The lowest BCUT2D eigenvalue weighted by Crippen LogP contribution is -2.66. The molecule has 0 unspecified atom stereocenters. The lowest BCUT2D eigenvalue weighted by molar-refractivity contribution is 0.281. The van der Waals surface area contributed by atoms with Crippen LogP contribution in [0.3, 0.4) is 0 Å². The molecule has 0 bridgehead atoms. The molecule has 0 aliphatic carbocycles. The van der Waals surface area contributed by atoms with Gasteiger partial charge in [0.25, 0.3) is 16.6 Å². The van der Waals surface area contributed by atoms with E-state index in [1.165, 1.54) is 20.7 Å². The number of imidazole rings is 2. The Balaban J connectivity index is 0.000000194. The predicted molar refractivity (Wildman–Crippen MR) is 211 cm³/mol. The van der Waals surface area contributed by atoms with Gasteiger partial charge in [0.2, 0.25) is 0 Å². The van der Waals surface area contributed by atoms with Gasteiger partial charge >= 0.3 is 0 Å². The van der Waals surface area contributed by atoms with Crippen molar-refractivity contribution in [2.75, 3.05) is 0 Å². The van der Waals surface area contributed by atoms with E-state index in [-0.39, 0.29) is 10.1 Å². The second-order valence-electron chi connectivity index (χ2n) is 14.9. The molecular weight excluding hydrogens is 649 g/mol. The molecule has 0 saturated carbocycles. The number of aromatic nitrogens is 4. The van der Waals surface area contributed by atoms with E-state index in [0.29, 0.717) is 13.2 Å². The van der Waals surface area contributed by atoms with E-state index < -0.39 is 16.6 Å². The molecule has 0 aliphatic heterocycles. The zero-order chi connectivity index (χ0) is 35.8. The first-order chi connectivity index (χ1) is 23.9. The standard InChI is InChI=1S/2C21H26N2OSi/c2*1-17-20(23-16-22-17)15-24-25(21(2,3)4,18-11-7-5-8-12-18)19-13-9-6-10-14-19/h2*5-14,16H,15H2,1-4H3,(H,22,23). The molecule has 260 valence electrons. The van der Waals surface area contributed by atoms with Gasteiger partial charge in [-0.1, -0.05) is 163 Å². The monoisotopic (exact) mass is 700 g/mol. The van der Waals surface area contributed by atoms with Crippen LogP contribution < -0.4 is 20.7 Å². The van der Waals surface area contributed by atoms with E-state index in [9.17, 15) is 0 Å². The van der Waals surface area contributed by atoms with Crippen molar-refractivity contribution in [3.8, 4) is 0 Å². The normalized spacial score (nSPS) is 12.3. The Morgan fingerprint density at radius 1 is 0.460 bits per heavy atom. The molecule has 50 heavy (non-hydrogen) atoms. The van der Waals surface area contributed by atoms with Crippen molar-refractivity contribution in [2.24, 2.45) is 0 Å². The maximum absolute atomic E-state index is 6.85. The predicted octanol–water partition coefficient (Wildman–Crippen LogP) is 7.59. The fourth-order valence-corrected chi connectivity index (χ4v) is 16.0. The quantitative estimate of drug-likeness (QED) is 0.145. The van der Waals surface area contributed by atoms with Crippen LogP contribution in [0.2, 0.25) is 10.1 Å². The Labute approximate surface area is 300 Å². The van der Waals surface area contributed by atoms with E-state index in [0.717, 1.165) is 22.8 Å². The average molecular weight is 701 g/mol. The minimum atomic E-state index is -2.48. The minimum absolute atomic E-state index is 0.0140. The first kappa shape index (κ1) is 36.9. The summed E-state index contributed by atoms with van der Waals surface area (Å²) < 4.78 is 13.7. The van der Waals surface area contributed by atoms with Gasteiger partial charge in [0.05, 0.1) is 37.3 Å². The highest BCUT2D eigenvalue weighted by molar-refractivity contribution is 7.00. The summed E-state index contributed by atoms with van der Waals surface area (Å²) in [7, 11) is -4.96. The van der Waals surface area contributed by atoms with Crippen molar-refractivity contribution in [3.05, 3.63) is 157 Å². The number of hydrogen-bond donors (Lipinski definition) is 2. The Kier molecular flexibility index (Phi) is 11.6. The number of aromatic amines is 2. The van der Waals surface area contributed by atoms with Gasteiger partial charge in [-0.2, -0.15) is 0 Å². The number of nitrogens with one attached hydrogen (secondary N) is 2. The van der Waals surface area contributed by atoms with Gasteiger partial charge in [0, 0.05) is 11.4 Å². The zero-order valence-electron chi connectivity index (χ0n) is 30.8. The summed E-state index contributed by atoms with van der Waals surface area (Å²) in [6, 6.07) is 42.8. The Morgan fingerprint density at radius 3 is 0.920 bits per heavy atom. The molecule has 8 heteroatoms. The molecule has 2 heterocycles. The van der Waals surface area contributed by atoms with E-state index in [4.69, 9.17) is 8.85 Å². The summed E-state index contributed by atoms with van der Waals surface area (Å²) >= 11 is 0. The van der Waals surface area contributed by atoms with Crippen LogP contribution in [0.15, 0.2) is 134 Å². The highest BCUT2D eigenvalue weighted by Gasteiger charge is 2.51. The number of benzene rings is 4. The first-order valence-corrected chi connectivity index (χ1v) is 21.2. The molecule has 6 rings (SSSR count). The second-order valence-corrected chi connectivity index (χ2v) is 23.5. The molecule has 0 saturated heterocycles. The van der Waals surface area contributed by atoms with Crippen LogP contribution in [0.1, 0.15) is 64.3 Å². The number of aryl methyl sites for hydroxylation is 2. The summed E-state index contributed by atoms with van der Waals surface area (Å²) in [5, 5.41) is 5.15. The van der Waals surface area contributed by atoms with Crippen LogP contribution in [0.4, 0.5) is 0 Å². The van der Waals surface area contributed by atoms with Gasteiger partial charge < -0.3 is 18.8 Å². The van der Waals surface area contributed by atoms with Gasteiger partial charge in [-0.15, -0.1) is 0 Å². The summed E-state index contributed by atoms with van der Waals surface area (Å²) in [4.78, 5) is 15.2. The minimum Gasteiger partial charge on any atom is -0.401 e. The number of rotatable bonds is 10. The van der Waals surface area contributed by atoms with Crippen molar-refractivity contribution in [3.63, 3.8) is 0 Å². The van der Waals surface area contributed by atoms with Crippen LogP contribution in [0.25, 0.3) is 0 Å². The molecule has 6 aromatic rings. The van der Waals surface area contributed by atoms with Crippen LogP contribution >= 0.6 is 0 Å². The first-order valence-electron chi connectivity index (χ1n) is 17.4. The maximum Gasteiger partial charge on any atom is 0.261 e. The smallest absolute Gasteiger partial charge is 0.261 e. The molecule has 2 N–H and O–H groups in total. The molecule has 0 amide bonds. The second kappa shape index (κ2) is 15.7. The number of H-pyrrole nitrogens is 2. The third-order valence-electron chi connectivity index (χ3n) is 9.55. The van der Waals surface area contributed by atoms with Gasteiger partial charge in [0.1, 0.15) is 0 Å². The van der Waals surface area contributed by atoms with Gasteiger partial charge in [-0.25, -0.2) is 9.97 Å². The lowest BCUT2D eigenvalue weighted by atomic mass is 10.2. The summed E-state index contributed by atoms with van der Waals surface area (Å²) in [6.07, 6.45) is 3.47. The van der Waals surface area contributed by atoms with Crippen molar-refractivity contribution < 1.29 is 8.85 Å². The number of nitrogens with zero attached hydrogens (tertiary/aromatic N) is 2. The fourth-order valence-electron chi connectivity index (χ4n) is 6.94. The van der Waals surface area contributed by atoms with Gasteiger partial charge in [-0.05, 0) is 44.7 Å². The van der Waals surface area contributed by atoms with Gasteiger partial charge in [0.15, 0.2) is 0 Å². The van der Waals surface area contributed by atoms with E-state index in [1.54, 1.807) is 12.7 Å². The highest BCUT2D eigenvalue weighted by atomic mass is 28.4. The Hall–Kier alpha value is -4.35. The molecule has 0 spiro atoms. The summed E-state index contributed by atoms with van der Waals surface area (Å²) in [5.41, 5.74) is 4.09. The van der Waals surface area contributed by atoms with Crippen molar-refractivity contribution in [2.45, 2.75) is 78.7 Å². The molecule has 0 aliphatic rings. The third-order valence-corrected chi connectivity index (χ3v) is 19.5. The molecular formula is C42H52N4O2Si2. The van der Waals surface area contributed by atoms with E-state index >= 15 is 0 Å². The number of hydrogen-bond acceptors (Lipinski definition) is 4. The van der Waals surface area contributed by atoms with E-state index in [2.05, 4.69) is 183 Å². The Morgan fingerprint density at radius 2 is 0.720 bits per heavy atom. The van der Waals surface area contributed by atoms with Crippen LogP contribution in [-0.2, 0) is 22.1 Å². The zero-order valence-corrected chi connectivity index (χ0v) is 32.8. The molecule has 0 atom stereocenters. The lowest BCUT2D eigenvalue weighted by Gasteiger charge is -2.43.